The second-order valence-corrected chi connectivity index (χ2v) is 4.89. The molecule has 0 saturated carbocycles. The second-order valence-electron chi connectivity index (χ2n) is 4.89. The Bertz CT molecular complexity index is 651. The van der Waals surface area contributed by atoms with E-state index in [1.165, 1.54) is 19.1 Å². The lowest BCUT2D eigenvalue weighted by Crippen LogP contribution is -2.25. The van der Waals surface area contributed by atoms with Crippen molar-refractivity contribution in [1.82, 2.24) is 5.32 Å². The van der Waals surface area contributed by atoms with Gasteiger partial charge in [-0.25, -0.2) is 4.39 Å². The Hall–Kier alpha value is -2.69. The van der Waals surface area contributed by atoms with Gasteiger partial charge in [0.2, 0.25) is 5.91 Å². The minimum Gasteiger partial charge on any atom is -0.352 e. The van der Waals surface area contributed by atoms with Crippen LogP contribution in [-0.4, -0.2) is 18.4 Å². The maximum atomic E-state index is 12.8. The molecule has 4 nitrogen and oxygen atoms in total. The summed E-state index contributed by atoms with van der Waals surface area (Å²) in [7, 11) is 0. The molecule has 2 amide bonds. The van der Waals surface area contributed by atoms with Gasteiger partial charge in [0.25, 0.3) is 5.91 Å². The number of carbonyl (C=O) groups is 2. The summed E-state index contributed by atoms with van der Waals surface area (Å²) in [4.78, 5) is 22.9. The molecule has 0 aliphatic carbocycles. The van der Waals surface area contributed by atoms with Gasteiger partial charge in [-0.3, -0.25) is 9.59 Å². The molecule has 0 radical (unpaired) electrons. The van der Waals surface area contributed by atoms with Crippen LogP contribution in [0.2, 0.25) is 0 Å². The lowest BCUT2D eigenvalue weighted by molar-refractivity contribution is -0.114. The predicted octanol–water partition coefficient (Wildman–Crippen LogP) is 2.76. The third kappa shape index (κ3) is 4.70. The Morgan fingerprint density at radius 2 is 1.64 bits per heavy atom. The first-order valence-electron chi connectivity index (χ1n) is 6.95. The van der Waals surface area contributed by atoms with Gasteiger partial charge in [0.1, 0.15) is 5.82 Å². The average molecular weight is 300 g/mol. The van der Waals surface area contributed by atoms with Crippen LogP contribution >= 0.6 is 0 Å². The zero-order valence-electron chi connectivity index (χ0n) is 12.2. The van der Waals surface area contributed by atoms with Gasteiger partial charge >= 0.3 is 0 Å². The number of halogens is 1. The van der Waals surface area contributed by atoms with Gasteiger partial charge in [-0.1, -0.05) is 12.1 Å². The Morgan fingerprint density at radius 3 is 2.23 bits per heavy atom. The van der Waals surface area contributed by atoms with Crippen molar-refractivity contribution in [3.63, 3.8) is 0 Å². The summed E-state index contributed by atoms with van der Waals surface area (Å²) in [6.07, 6.45) is 0.635. The Labute approximate surface area is 128 Å². The van der Waals surface area contributed by atoms with Crippen LogP contribution in [0, 0.1) is 5.82 Å². The molecular formula is C17H17FN2O2. The number of carbonyl (C=O) groups excluding carboxylic acids is 2. The molecule has 2 N–H and O–H groups in total. The molecular weight excluding hydrogens is 283 g/mol. The van der Waals surface area contributed by atoms with Crippen LogP contribution in [0.15, 0.2) is 48.5 Å². The molecule has 5 heteroatoms. The SMILES string of the molecule is CC(=O)Nc1ccc(C(=O)NCCc2ccc(F)cc2)cc1. The molecule has 0 aliphatic rings. The Morgan fingerprint density at radius 1 is 1.00 bits per heavy atom. The molecule has 0 unspecified atom stereocenters. The zero-order valence-corrected chi connectivity index (χ0v) is 12.2. The quantitative estimate of drug-likeness (QED) is 0.892. The van der Waals surface area contributed by atoms with E-state index in [0.717, 1.165) is 5.56 Å². The maximum Gasteiger partial charge on any atom is 0.251 e. The lowest BCUT2D eigenvalue weighted by atomic mass is 10.1. The fourth-order valence-electron chi connectivity index (χ4n) is 1.98. The normalized spacial score (nSPS) is 10.1. The van der Waals surface area contributed by atoms with Gasteiger partial charge in [0, 0.05) is 24.7 Å². The highest BCUT2D eigenvalue weighted by Gasteiger charge is 2.05. The van der Waals surface area contributed by atoms with Crippen molar-refractivity contribution < 1.29 is 14.0 Å². The predicted molar refractivity (Wildman–Crippen MR) is 83.2 cm³/mol. The topological polar surface area (TPSA) is 58.2 Å². The molecule has 0 bridgehead atoms. The highest BCUT2D eigenvalue weighted by molar-refractivity contribution is 5.95. The van der Waals surface area contributed by atoms with Gasteiger partial charge in [-0.2, -0.15) is 0 Å². The lowest BCUT2D eigenvalue weighted by Gasteiger charge is -2.07. The van der Waals surface area contributed by atoms with E-state index < -0.39 is 0 Å². The van der Waals surface area contributed by atoms with Crippen LogP contribution in [0.3, 0.4) is 0 Å². The van der Waals surface area contributed by atoms with Crippen LogP contribution in [0.1, 0.15) is 22.8 Å². The average Bonchev–Trinajstić information content (AvgIpc) is 2.49. The molecule has 0 atom stereocenters. The molecule has 2 rings (SSSR count). The first kappa shape index (κ1) is 15.7. The monoisotopic (exact) mass is 300 g/mol. The van der Waals surface area contributed by atoms with Crippen LogP contribution in [0.5, 0.6) is 0 Å². The smallest absolute Gasteiger partial charge is 0.251 e. The molecule has 0 aromatic heterocycles. The van der Waals surface area contributed by atoms with Crippen LogP contribution in [0.4, 0.5) is 10.1 Å². The number of anilines is 1. The number of benzene rings is 2. The van der Waals surface area contributed by atoms with Crippen molar-refractivity contribution in [3.05, 3.63) is 65.5 Å². The van der Waals surface area contributed by atoms with Gasteiger partial charge in [0.05, 0.1) is 0 Å². The van der Waals surface area contributed by atoms with Crippen molar-refractivity contribution >= 4 is 17.5 Å². The van der Waals surface area contributed by atoms with Crippen molar-refractivity contribution in [3.8, 4) is 0 Å². The molecule has 0 saturated heterocycles. The highest BCUT2D eigenvalue weighted by Crippen LogP contribution is 2.09. The van der Waals surface area contributed by atoms with E-state index in [-0.39, 0.29) is 17.6 Å². The van der Waals surface area contributed by atoms with E-state index in [1.54, 1.807) is 36.4 Å². The van der Waals surface area contributed by atoms with E-state index in [2.05, 4.69) is 10.6 Å². The summed E-state index contributed by atoms with van der Waals surface area (Å²) in [6.45, 7) is 1.90. The number of hydrogen-bond donors (Lipinski definition) is 2. The third-order valence-corrected chi connectivity index (χ3v) is 3.08. The van der Waals surface area contributed by atoms with Crippen molar-refractivity contribution in [2.75, 3.05) is 11.9 Å². The fraction of sp³-hybridized carbons (Fsp3) is 0.176. The van der Waals surface area contributed by atoms with E-state index in [1.807, 2.05) is 0 Å². The number of rotatable bonds is 5. The number of hydrogen-bond acceptors (Lipinski definition) is 2. The van der Waals surface area contributed by atoms with Crippen LogP contribution in [0.25, 0.3) is 0 Å². The molecule has 22 heavy (non-hydrogen) atoms. The highest BCUT2D eigenvalue weighted by atomic mass is 19.1. The van der Waals surface area contributed by atoms with Crippen LogP contribution < -0.4 is 10.6 Å². The molecule has 114 valence electrons. The van der Waals surface area contributed by atoms with Crippen molar-refractivity contribution in [2.24, 2.45) is 0 Å². The summed E-state index contributed by atoms with van der Waals surface area (Å²) >= 11 is 0. The zero-order chi connectivity index (χ0) is 15.9. The molecule has 0 heterocycles. The molecule has 0 aliphatic heterocycles. The standard InChI is InChI=1S/C17H17FN2O2/c1-12(21)20-16-8-4-14(5-9-16)17(22)19-11-10-13-2-6-15(18)7-3-13/h2-9H,10-11H2,1H3,(H,19,22)(H,20,21). The van der Waals surface area contributed by atoms with Crippen LogP contribution in [-0.2, 0) is 11.2 Å². The molecule has 0 spiro atoms. The fourth-order valence-corrected chi connectivity index (χ4v) is 1.98. The first-order chi connectivity index (χ1) is 10.5. The van der Waals surface area contributed by atoms with Crippen molar-refractivity contribution in [1.29, 1.82) is 0 Å². The van der Waals surface area contributed by atoms with E-state index in [4.69, 9.17) is 0 Å². The third-order valence-electron chi connectivity index (χ3n) is 3.08. The minimum absolute atomic E-state index is 0.156. The number of amides is 2. The maximum absolute atomic E-state index is 12.8. The van der Waals surface area contributed by atoms with E-state index in [9.17, 15) is 14.0 Å². The summed E-state index contributed by atoms with van der Waals surface area (Å²) in [5.41, 5.74) is 2.13. The second kappa shape index (κ2) is 7.36. The first-order valence-corrected chi connectivity index (χ1v) is 6.95. The molecule has 2 aromatic carbocycles. The summed E-state index contributed by atoms with van der Waals surface area (Å²) in [6, 6.07) is 12.9. The summed E-state index contributed by atoms with van der Waals surface area (Å²) in [5.74, 6) is -0.611. The van der Waals surface area contributed by atoms with Gasteiger partial charge < -0.3 is 10.6 Å². The van der Waals surface area contributed by atoms with Gasteiger partial charge in [0.15, 0.2) is 0 Å². The van der Waals surface area contributed by atoms with E-state index >= 15 is 0 Å². The Kier molecular flexibility index (Phi) is 5.25. The molecule has 2 aromatic rings. The minimum atomic E-state index is -0.271. The largest absolute Gasteiger partial charge is 0.352 e. The Balaban J connectivity index is 1.84. The van der Waals surface area contributed by atoms with Gasteiger partial charge in [-0.15, -0.1) is 0 Å². The van der Waals surface area contributed by atoms with Gasteiger partial charge in [-0.05, 0) is 48.4 Å². The van der Waals surface area contributed by atoms with E-state index in [0.29, 0.717) is 24.2 Å². The summed E-state index contributed by atoms with van der Waals surface area (Å²) < 4.78 is 12.8. The molecule has 0 fully saturated rings. The van der Waals surface area contributed by atoms with Crippen molar-refractivity contribution in [2.45, 2.75) is 13.3 Å². The summed E-state index contributed by atoms with van der Waals surface area (Å²) in [5, 5.41) is 5.44. The number of nitrogens with one attached hydrogen (secondary N) is 2.